The molecule has 0 saturated heterocycles. The molecular weight excluding hydrogens is 308 g/mol. The molecule has 0 unspecified atom stereocenters. The van der Waals surface area contributed by atoms with Crippen molar-refractivity contribution in [1.82, 2.24) is 5.32 Å². The van der Waals surface area contributed by atoms with Crippen LogP contribution in [0.2, 0.25) is 0 Å². The van der Waals surface area contributed by atoms with E-state index < -0.39 is 0 Å². The number of hydrogen-bond donors (Lipinski definition) is 1. The van der Waals surface area contributed by atoms with Gasteiger partial charge < -0.3 is 5.32 Å². The Morgan fingerprint density at radius 2 is 2.22 bits per heavy atom. The van der Waals surface area contributed by atoms with Crippen LogP contribution in [0.3, 0.4) is 0 Å². The number of aliphatic imine (C=N–C) groups is 1. The first-order chi connectivity index (χ1) is 8.81. The highest BCUT2D eigenvalue weighted by molar-refractivity contribution is 9.10. The summed E-state index contributed by atoms with van der Waals surface area (Å²) >= 11 is 5.34. The summed E-state index contributed by atoms with van der Waals surface area (Å²) in [4.78, 5) is 4.80. The lowest BCUT2D eigenvalue weighted by molar-refractivity contribution is 0.385. The highest BCUT2D eigenvalue weighted by Gasteiger charge is 2.30. The molecule has 1 heterocycles. The number of halogens is 1. The average Bonchev–Trinajstić information content (AvgIpc) is 2.79. The zero-order valence-corrected chi connectivity index (χ0v) is 12.6. The van der Waals surface area contributed by atoms with E-state index in [0.29, 0.717) is 12.1 Å². The van der Waals surface area contributed by atoms with E-state index in [4.69, 9.17) is 4.99 Å². The molecule has 1 saturated carbocycles. The van der Waals surface area contributed by atoms with E-state index in [-0.39, 0.29) is 0 Å². The lowest BCUT2D eigenvalue weighted by atomic mass is 9.92. The van der Waals surface area contributed by atoms with E-state index >= 15 is 0 Å². The zero-order chi connectivity index (χ0) is 12.4. The molecule has 18 heavy (non-hydrogen) atoms. The van der Waals surface area contributed by atoms with Gasteiger partial charge in [0, 0.05) is 10.2 Å². The van der Waals surface area contributed by atoms with Gasteiger partial charge in [-0.3, -0.25) is 4.99 Å². The minimum Gasteiger partial charge on any atom is -0.360 e. The Morgan fingerprint density at radius 3 is 3.06 bits per heavy atom. The molecule has 2 nitrogen and oxygen atoms in total. The number of benzene rings is 1. The first kappa shape index (κ1) is 12.5. The third-order valence-electron chi connectivity index (χ3n) is 3.59. The Kier molecular flexibility index (Phi) is 3.94. The highest BCUT2D eigenvalue weighted by Crippen LogP contribution is 2.28. The summed E-state index contributed by atoms with van der Waals surface area (Å²) in [5, 5.41) is 4.72. The van der Waals surface area contributed by atoms with E-state index in [0.717, 1.165) is 15.4 Å². The lowest BCUT2D eigenvalue weighted by Crippen LogP contribution is -2.36. The summed E-state index contributed by atoms with van der Waals surface area (Å²) in [6, 6.07) is 9.65. The van der Waals surface area contributed by atoms with Crippen molar-refractivity contribution < 1.29 is 0 Å². The van der Waals surface area contributed by atoms with Crippen LogP contribution in [0.25, 0.3) is 0 Å². The normalized spacial score (nSPS) is 26.4. The molecule has 4 heteroatoms. The minimum absolute atomic E-state index is 0.545. The van der Waals surface area contributed by atoms with Gasteiger partial charge in [0.25, 0.3) is 0 Å². The summed E-state index contributed by atoms with van der Waals surface area (Å²) in [7, 11) is 0. The number of fused-ring (bicyclic) bond motifs is 1. The molecule has 3 rings (SSSR count). The van der Waals surface area contributed by atoms with Crippen LogP contribution in [0.4, 0.5) is 0 Å². The molecule has 1 aromatic rings. The maximum atomic E-state index is 4.80. The van der Waals surface area contributed by atoms with Crippen molar-refractivity contribution in [2.45, 2.75) is 43.5 Å². The third-order valence-corrected chi connectivity index (χ3v) is 5.05. The molecule has 1 aromatic carbocycles. The zero-order valence-electron chi connectivity index (χ0n) is 10.2. The number of nitrogens with one attached hydrogen (secondary N) is 1. The number of amidine groups is 1. The van der Waals surface area contributed by atoms with Gasteiger partial charge >= 0.3 is 0 Å². The smallest absolute Gasteiger partial charge is 0.157 e. The molecule has 1 N–H and O–H groups in total. The van der Waals surface area contributed by atoms with Crippen molar-refractivity contribution in [3.63, 3.8) is 0 Å². The molecule has 2 aliphatic rings. The van der Waals surface area contributed by atoms with Crippen molar-refractivity contribution in [1.29, 1.82) is 0 Å². The van der Waals surface area contributed by atoms with Crippen LogP contribution < -0.4 is 5.32 Å². The van der Waals surface area contributed by atoms with Crippen molar-refractivity contribution in [3.05, 3.63) is 34.3 Å². The van der Waals surface area contributed by atoms with Crippen molar-refractivity contribution in [3.8, 4) is 0 Å². The number of thioether (sulfide) groups is 1. The fourth-order valence-electron chi connectivity index (χ4n) is 2.64. The largest absolute Gasteiger partial charge is 0.360 e. The van der Waals surface area contributed by atoms with Crippen LogP contribution in [0.15, 0.2) is 33.7 Å². The van der Waals surface area contributed by atoms with Crippen LogP contribution in [0, 0.1) is 0 Å². The quantitative estimate of drug-likeness (QED) is 0.890. The first-order valence-electron chi connectivity index (χ1n) is 6.53. The Balaban J connectivity index is 1.58. The molecule has 2 atom stereocenters. The predicted octanol–water partition coefficient (Wildman–Crippen LogP) is 3.95. The van der Waals surface area contributed by atoms with Crippen molar-refractivity contribution >= 4 is 32.9 Å². The number of nitrogens with zero attached hydrogens (tertiary/aromatic N) is 1. The summed E-state index contributed by atoms with van der Waals surface area (Å²) in [6.45, 7) is 0. The predicted molar refractivity (Wildman–Crippen MR) is 82.1 cm³/mol. The summed E-state index contributed by atoms with van der Waals surface area (Å²) < 4.78 is 1.15. The van der Waals surface area contributed by atoms with Crippen LogP contribution >= 0.6 is 27.7 Å². The van der Waals surface area contributed by atoms with Crippen LogP contribution in [0.5, 0.6) is 0 Å². The molecule has 0 radical (unpaired) electrons. The summed E-state index contributed by atoms with van der Waals surface area (Å²) in [6.07, 6.45) is 5.25. The first-order valence-corrected chi connectivity index (χ1v) is 8.31. The molecule has 0 aromatic heterocycles. The Morgan fingerprint density at radius 1 is 1.33 bits per heavy atom. The van der Waals surface area contributed by atoms with E-state index in [2.05, 4.69) is 45.5 Å². The second-order valence-electron chi connectivity index (χ2n) is 4.96. The van der Waals surface area contributed by atoms with Gasteiger partial charge in [-0.1, -0.05) is 52.7 Å². The van der Waals surface area contributed by atoms with E-state index in [1.165, 1.54) is 31.2 Å². The second kappa shape index (κ2) is 5.66. The highest BCUT2D eigenvalue weighted by atomic mass is 79.9. The second-order valence-corrected chi connectivity index (χ2v) is 6.84. The molecule has 0 amide bonds. The van der Waals surface area contributed by atoms with E-state index in [1.54, 1.807) is 0 Å². The molecule has 96 valence electrons. The fourth-order valence-corrected chi connectivity index (χ4v) is 4.01. The van der Waals surface area contributed by atoms with Gasteiger partial charge in [0.1, 0.15) is 0 Å². The number of rotatable bonds is 2. The third kappa shape index (κ3) is 2.91. The molecule has 1 aliphatic heterocycles. The van der Waals surface area contributed by atoms with Gasteiger partial charge in [0.2, 0.25) is 0 Å². The van der Waals surface area contributed by atoms with Gasteiger partial charge in [0.05, 0.1) is 12.1 Å². The average molecular weight is 325 g/mol. The fraction of sp³-hybridized carbons (Fsp3) is 0.500. The van der Waals surface area contributed by atoms with Crippen LogP contribution in [0.1, 0.15) is 31.2 Å². The van der Waals surface area contributed by atoms with E-state index in [9.17, 15) is 0 Å². The van der Waals surface area contributed by atoms with Gasteiger partial charge in [0.15, 0.2) is 5.17 Å². The monoisotopic (exact) mass is 324 g/mol. The summed E-state index contributed by atoms with van der Waals surface area (Å²) in [5.74, 6) is 0.991. The molecular formula is C14H17BrN2S. The SMILES string of the molecule is Brc1cccc(CSC2=N[C@@H]3CCCC[C@H]3N2)c1. The maximum Gasteiger partial charge on any atom is 0.157 e. The Hall–Kier alpha value is -0.480. The van der Waals surface area contributed by atoms with Crippen molar-refractivity contribution in [2.75, 3.05) is 0 Å². The van der Waals surface area contributed by atoms with E-state index in [1.807, 2.05) is 11.8 Å². The summed E-state index contributed by atoms with van der Waals surface area (Å²) in [5.41, 5.74) is 1.34. The standard InChI is InChI=1S/C14H17BrN2S/c15-11-5-3-4-10(8-11)9-18-14-16-12-6-1-2-7-13(12)17-14/h3-5,8,12-13H,1-2,6-7,9H2,(H,16,17)/t12-,13-/m1/s1. The van der Waals surface area contributed by atoms with Crippen LogP contribution in [-0.2, 0) is 5.75 Å². The Bertz CT molecular complexity index is 461. The maximum absolute atomic E-state index is 4.80. The number of hydrogen-bond acceptors (Lipinski definition) is 3. The van der Waals surface area contributed by atoms with Crippen molar-refractivity contribution in [2.24, 2.45) is 4.99 Å². The van der Waals surface area contributed by atoms with Gasteiger partial charge in [-0.15, -0.1) is 0 Å². The Labute approximate surface area is 121 Å². The topological polar surface area (TPSA) is 24.4 Å². The lowest BCUT2D eigenvalue weighted by Gasteiger charge is -2.23. The molecule has 1 fully saturated rings. The molecule has 0 spiro atoms. The van der Waals surface area contributed by atoms with Crippen LogP contribution in [-0.4, -0.2) is 17.3 Å². The van der Waals surface area contributed by atoms with Gasteiger partial charge in [-0.2, -0.15) is 0 Å². The van der Waals surface area contributed by atoms with Gasteiger partial charge in [-0.05, 0) is 30.5 Å². The minimum atomic E-state index is 0.545. The molecule has 1 aliphatic carbocycles. The molecule has 0 bridgehead atoms. The van der Waals surface area contributed by atoms with Gasteiger partial charge in [-0.25, -0.2) is 0 Å².